The summed E-state index contributed by atoms with van der Waals surface area (Å²) in [6, 6.07) is 3.21. The van der Waals surface area contributed by atoms with Crippen molar-refractivity contribution < 1.29 is 9.21 Å². The van der Waals surface area contributed by atoms with Crippen LogP contribution >= 0.6 is 11.6 Å². The van der Waals surface area contributed by atoms with E-state index in [9.17, 15) is 4.79 Å². The fourth-order valence-corrected chi connectivity index (χ4v) is 1.11. The van der Waals surface area contributed by atoms with E-state index in [4.69, 9.17) is 16.0 Å². The summed E-state index contributed by atoms with van der Waals surface area (Å²) in [5.41, 5.74) is 0. The number of furan rings is 1. The normalized spacial score (nSPS) is 12.1. The van der Waals surface area contributed by atoms with Gasteiger partial charge in [-0.05, 0) is 19.1 Å². The van der Waals surface area contributed by atoms with Crippen LogP contribution in [0.5, 0.6) is 0 Å². The van der Waals surface area contributed by atoms with Crippen molar-refractivity contribution >= 4 is 17.6 Å². The first-order chi connectivity index (χ1) is 6.74. The molecule has 14 heavy (non-hydrogen) atoms. The van der Waals surface area contributed by atoms with E-state index in [1.165, 1.54) is 0 Å². The number of urea groups is 1. The molecule has 1 aromatic heterocycles. The summed E-state index contributed by atoms with van der Waals surface area (Å²) in [5.74, 6) is 1.13. The minimum absolute atomic E-state index is 0.139. The van der Waals surface area contributed by atoms with Crippen LogP contribution in [0.25, 0.3) is 0 Å². The molecule has 0 aliphatic carbocycles. The van der Waals surface area contributed by atoms with Gasteiger partial charge in [-0.1, -0.05) is 0 Å². The summed E-state index contributed by atoms with van der Waals surface area (Å²) in [6.07, 6.45) is 1.57. The number of rotatable bonds is 4. The third-order valence-electron chi connectivity index (χ3n) is 1.70. The molecule has 5 heteroatoms. The van der Waals surface area contributed by atoms with E-state index >= 15 is 0 Å². The number of hydrogen-bond acceptors (Lipinski definition) is 2. The Kier molecular flexibility index (Phi) is 4.32. The average molecular weight is 217 g/mol. The van der Waals surface area contributed by atoms with E-state index in [1.54, 1.807) is 12.3 Å². The lowest BCUT2D eigenvalue weighted by atomic mass is 10.2. The quantitative estimate of drug-likeness (QED) is 0.756. The summed E-state index contributed by atoms with van der Waals surface area (Å²) in [4.78, 5) is 11.2. The van der Waals surface area contributed by atoms with Gasteiger partial charge in [-0.15, -0.1) is 11.6 Å². The molecule has 0 aliphatic rings. The molecule has 78 valence electrons. The van der Waals surface area contributed by atoms with Crippen LogP contribution in [0.4, 0.5) is 4.79 Å². The fraction of sp³-hybridized carbons (Fsp3) is 0.444. The topological polar surface area (TPSA) is 54.3 Å². The number of nitrogens with one attached hydrogen (secondary N) is 2. The van der Waals surface area contributed by atoms with Gasteiger partial charge < -0.3 is 15.1 Å². The molecule has 1 rings (SSSR count). The van der Waals surface area contributed by atoms with Gasteiger partial charge >= 0.3 is 6.03 Å². The lowest BCUT2D eigenvalue weighted by Gasteiger charge is -2.11. The van der Waals surface area contributed by atoms with E-state index < -0.39 is 0 Å². The van der Waals surface area contributed by atoms with Crippen molar-refractivity contribution in [2.24, 2.45) is 0 Å². The van der Waals surface area contributed by atoms with E-state index in [0.717, 1.165) is 5.76 Å². The minimum atomic E-state index is -0.241. The molecule has 0 bridgehead atoms. The second-order valence-corrected chi connectivity index (χ2v) is 3.20. The Labute approximate surface area is 87.6 Å². The molecule has 1 heterocycles. The molecule has 2 N–H and O–H groups in total. The van der Waals surface area contributed by atoms with Crippen molar-refractivity contribution in [2.75, 3.05) is 12.4 Å². The maximum absolute atomic E-state index is 11.2. The number of amides is 2. The molecule has 0 spiro atoms. The monoisotopic (exact) mass is 216 g/mol. The van der Waals surface area contributed by atoms with Gasteiger partial charge in [0.25, 0.3) is 0 Å². The van der Waals surface area contributed by atoms with Crippen molar-refractivity contribution in [1.82, 2.24) is 10.6 Å². The molecule has 1 atom stereocenters. The predicted molar refractivity (Wildman–Crippen MR) is 54.4 cm³/mol. The fourth-order valence-electron chi connectivity index (χ4n) is 1.02. The highest BCUT2D eigenvalue weighted by atomic mass is 35.5. The first-order valence-corrected chi connectivity index (χ1v) is 4.91. The van der Waals surface area contributed by atoms with Gasteiger partial charge in [0.05, 0.1) is 12.3 Å². The van der Waals surface area contributed by atoms with E-state index in [-0.39, 0.29) is 12.1 Å². The highest BCUT2D eigenvalue weighted by Gasteiger charge is 2.10. The molecule has 1 aromatic rings. The largest absolute Gasteiger partial charge is 0.467 e. The standard InChI is InChI=1S/C9H13ClN2O2/c1-7(8-3-2-6-14-8)12-9(13)11-5-4-10/h2-3,6-7H,4-5H2,1H3,(H2,11,12,13)/t7-/m1/s1. The number of carbonyl (C=O) groups excluding carboxylic acids is 1. The van der Waals surface area contributed by atoms with E-state index in [0.29, 0.717) is 12.4 Å². The smallest absolute Gasteiger partial charge is 0.315 e. The van der Waals surface area contributed by atoms with Crippen LogP contribution in [-0.4, -0.2) is 18.5 Å². The molecular formula is C9H13ClN2O2. The zero-order valence-electron chi connectivity index (χ0n) is 7.92. The van der Waals surface area contributed by atoms with Crippen molar-refractivity contribution in [3.05, 3.63) is 24.2 Å². The van der Waals surface area contributed by atoms with Gasteiger partial charge in [-0.25, -0.2) is 4.79 Å². The number of alkyl halides is 1. The first-order valence-electron chi connectivity index (χ1n) is 4.37. The Morgan fingerprint density at radius 2 is 2.50 bits per heavy atom. The number of halogens is 1. The zero-order valence-corrected chi connectivity index (χ0v) is 8.67. The predicted octanol–water partition coefficient (Wildman–Crippen LogP) is 1.88. The minimum Gasteiger partial charge on any atom is -0.467 e. The van der Waals surface area contributed by atoms with Crippen molar-refractivity contribution in [3.8, 4) is 0 Å². The van der Waals surface area contributed by atoms with Crippen LogP contribution in [0, 0.1) is 0 Å². The molecule has 0 saturated carbocycles. The number of carbonyl (C=O) groups is 1. The lowest BCUT2D eigenvalue weighted by Crippen LogP contribution is -2.37. The van der Waals surface area contributed by atoms with Gasteiger partial charge in [-0.3, -0.25) is 0 Å². The molecule has 0 unspecified atom stereocenters. The zero-order chi connectivity index (χ0) is 10.4. The third-order valence-corrected chi connectivity index (χ3v) is 1.89. The van der Waals surface area contributed by atoms with Crippen molar-refractivity contribution in [1.29, 1.82) is 0 Å². The lowest BCUT2D eigenvalue weighted by molar-refractivity contribution is 0.236. The van der Waals surface area contributed by atoms with Gasteiger partial charge in [0.2, 0.25) is 0 Å². The maximum atomic E-state index is 11.2. The Morgan fingerprint density at radius 3 is 3.07 bits per heavy atom. The molecular weight excluding hydrogens is 204 g/mol. The highest BCUT2D eigenvalue weighted by Crippen LogP contribution is 2.11. The van der Waals surface area contributed by atoms with Crippen LogP contribution in [-0.2, 0) is 0 Å². The maximum Gasteiger partial charge on any atom is 0.315 e. The van der Waals surface area contributed by atoms with Crippen LogP contribution < -0.4 is 10.6 Å². The second kappa shape index (κ2) is 5.54. The van der Waals surface area contributed by atoms with Gasteiger partial charge in [-0.2, -0.15) is 0 Å². The highest BCUT2D eigenvalue weighted by molar-refractivity contribution is 6.18. The van der Waals surface area contributed by atoms with Gasteiger partial charge in [0, 0.05) is 12.4 Å². The Balaban J connectivity index is 2.33. The Morgan fingerprint density at radius 1 is 1.71 bits per heavy atom. The van der Waals surface area contributed by atoms with Crippen LogP contribution in [0.1, 0.15) is 18.7 Å². The van der Waals surface area contributed by atoms with Crippen LogP contribution in [0.3, 0.4) is 0 Å². The summed E-state index contributed by atoms with van der Waals surface area (Å²) in [7, 11) is 0. The third kappa shape index (κ3) is 3.30. The second-order valence-electron chi connectivity index (χ2n) is 2.83. The summed E-state index contributed by atoms with van der Waals surface area (Å²) >= 11 is 5.42. The van der Waals surface area contributed by atoms with Crippen LogP contribution in [0.15, 0.2) is 22.8 Å². The summed E-state index contributed by atoms with van der Waals surface area (Å²) < 4.78 is 5.13. The Hall–Kier alpha value is -1.16. The van der Waals surface area contributed by atoms with Gasteiger partial charge in [0.15, 0.2) is 0 Å². The van der Waals surface area contributed by atoms with E-state index in [1.807, 2.05) is 13.0 Å². The SMILES string of the molecule is C[C@@H](NC(=O)NCCCl)c1ccco1. The van der Waals surface area contributed by atoms with Crippen molar-refractivity contribution in [3.63, 3.8) is 0 Å². The first kappa shape index (κ1) is 10.9. The van der Waals surface area contributed by atoms with E-state index in [2.05, 4.69) is 10.6 Å². The molecule has 4 nitrogen and oxygen atoms in total. The molecule has 2 amide bonds. The summed E-state index contributed by atoms with van der Waals surface area (Å²) in [6.45, 7) is 2.30. The molecule has 0 fully saturated rings. The average Bonchev–Trinajstić information content (AvgIpc) is 2.67. The van der Waals surface area contributed by atoms with Crippen molar-refractivity contribution in [2.45, 2.75) is 13.0 Å². The number of hydrogen-bond donors (Lipinski definition) is 2. The van der Waals surface area contributed by atoms with Gasteiger partial charge in [0.1, 0.15) is 5.76 Å². The van der Waals surface area contributed by atoms with Crippen LogP contribution in [0.2, 0.25) is 0 Å². The molecule has 0 aliphatic heterocycles. The molecule has 0 saturated heterocycles. The molecule has 0 radical (unpaired) electrons. The Bertz CT molecular complexity index is 274. The summed E-state index contributed by atoms with van der Waals surface area (Å²) in [5, 5.41) is 5.32. The molecule has 0 aromatic carbocycles.